The zero-order valence-electron chi connectivity index (χ0n) is 20.6. The van der Waals surface area contributed by atoms with E-state index in [4.69, 9.17) is 14.1 Å². The van der Waals surface area contributed by atoms with E-state index in [1.165, 1.54) is 16.6 Å². The van der Waals surface area contributed by atoms with E-state index in [1.807, 2.05) is 30.5 Å². The molecule has 0 unspecified atom stereocenters. The van der Waals surface area contributed by atoms with E-state index in [9.17, 15) is 0 Å². The van der Waals surface area contributed by atoms with Gasteiger partial charge in [0.1, 0.15) is 11.4 Å². The van der Waals surface area contributed by atoms with Gasteiger partial charge in [0.25, 0.3) is 6.71 Å². The largest absolute Gasteiger partial charge is 0.465 e. The number of furan rings is 1. The lowest BCUT2D eigenvalue weighted by Crippen LogP contribution is -2.56. The molecule has 0 bridgehead atoms. The second kappa shape index (κ2) is 8.46. The number of rotatable bonds is 4. The number of aromatic nitrogens is 1. The van der Waals surface area contributed by atoms with Crippen molar-refractivity contribution >= 4 is 34.3 Å². The van der Waals surface area contributed by atoms with Gasteiger partial charge in [-0.05, 0) is 40.6 Å². The Morgan fingerprint density at radius 3 is 2.17 bits per heavy atom. The summed E-state index contributed by atoms with van der Waals surface area (Å²) in [6.45, 7) is 9.03. The number of hydrogen-bond acceptors (Lipinski definition) is 3. The van der Waals surface area contributed by atoms with Crippen LogP contribution in [0.2, 0.25) is 0 Å². The fourth-order valence-electron chi connectivity index (χ4n) is 5.35. The molecule has 35 heavy (non-hydrogen) atoms. The second-order valence-corrected chi connectivity index (χ2v) is 9.96. The standard InChI is InChI=1S/C31H28BNO2/c1-19(2)22-13-10-14-23(20(3)4)29(22)32-25-15-8-9-16-27(25)34-30-24-17-26(21-11-6-5-7-12-21)33-18-28(24)35-31(30)32/h5-20H,1-4H3. The highest BCUT2D eigenvalue weighted by molar-refractivity contribution is 6.97. The van der Waals surface area contributed by atoms with Crippen molar-refractivity contribution in [2.45, 2.75) is 39.5 Å². The highest BCUT2D eigenvalue weighted by Gasteiger charge is 2.40. The summed E-state index contributed by atoms with van der Waals surface area (Å²) >= 11 is 0. The molecule has 6 rings (SSSR count). The Hall–Kier alpha value is -3.79. The third-order valence-corrected chi connectivity index (χ3v) is 7.04. The molecule has 0 saturated carbocycles. The molecule has 0 atom stereocenters. The molecule has 1 aliphatic rings. The van der Waals surface area contributed by atoms with Crippen LogP contribution in [0.15, 0.2) is 89.5 Å². The number of nitrogens with zero attached hydrogens (tertiary/aromatic N) is 1. The van der Waals surface area contributed by atoms with Crippen LogP contribution < -0.4 is 21.3 Å². The van der Waals surface area contributed by atoms with Crippen LogP contribution in [0, 0.1) is 0 Å². The lowest BCUT2D eigenvalue weighted by Gasteiger charge is -2.28. The van der Waals surface area contributed by atoms with Gasteiger partial charge in [-0.15, -0.1) is 0 Å². The quantitative estimate of drug-likeness (QED) is 0.289. The van der Waals surface area contributed by atoms with Crippen molar-refractivity contribution in [1.82, 2.24) is 4.98 Å². The van der Waals surface area contributed by atoms with Gasteiger partial charge < -0.3 is 9.15 Å². The van der Waals surface area contributed by atoms with Gasteiger partial charge >= 0.3 is 0 Å². The number of benzene rings is 3. The van der Waals surface area contributed by atoms with Crippen molar-refractivity contribution in [3.05, 3.63) is 96.2 Å². The highest BCUT2D eigenvalue weighted by Crippen LogP contribution is 2.36. The molecule has 0 radical (unpaired) electrons. The van der Waals surface area contributed by atoms with E-state index in [1.54, 1.807) is 0 Å². The number of ether oxygens (including phenoxy) is 1. The third-order valence-electron chi connectivity index (χ3n) is 7.04. The van der Waals surface area contributed by atoms with Gasteiger partial charge in [-0.2, -0.15) is 0 Å². The number of fused-ring (bicyclic) bond motifs is 4. The first-order chi connectivity index (χ1) is 17.0. The minimum atomic E-state index is -0.0430. The van der Waals surface area contributed by atoms with Crippen LogP contribution in [-0.2, 0) is 0 Å². The van der Waals surface area contributed by atoms with E-state index in [2.05, 4.69) is 82.3 Å². The smallest absolute Gasteiger partial charge is 0.297 e. The van der Waals surface area contributed by atoms with E-state index in [0.717, 1.165) is 44.8 Å². The topological polar surface area (TPSA) is 35.3 Å². The number of para-hydroxylation sites is 1. The first kappa shape index (κ1) is 21.7. The van der Waals surface area contributed by atoms with Crippen molar-refractivity contribution in [2.24, 2.45) is 0 Å². The molecule has 0 amide bonds. The normalized spacial score (nSPS) is 12.7. The van der Waals surface area contributed by atoms with Gasteiger partial charge in [0.15, 0.2) is 11.3 Å². The van der Waals surface area contributed by atoms with Gasteiger partial charge in [0.2, 0.25) is 0 Å². The number of hydrogen-bond donors (Lipinski definition) is 0. The summed E-state index contributed by atoms with van der Waals surface area (Å²) in [6.07, 6.45) is 1.83. The summed E-state index contributed by atoms with van der Waals surface area (Å²) in [6, 6.07) is 27.4. The lowest BCUT2D eigenvalue weighted by atomic mass is 9.36. The summed E-state index contributed by atoms with van der Waals surface area (Å²) < 4.78 is 13.1. The molecule has 5 aromatic rings. The van der Waals surface area contributed by atoms with Crippen LogP contribution in [0.5, 0.6) is 11.5 Å². The van der Waals surface area contributed by atoms with Crippen molar-refractivity contribution in [3.8, 4) is 22.8 Å². The van der Waals surface area contributed by atoms with Crippen LogP contribution in [0.3, 0.4) is 0 Å². The van der Waals surface area contributed by atoms with E-state index < -0.39 is 0 Å². The average molecular weight is 457 g/mol. The summed E-state index contributed by atoms with van der Waals surface area (Å²) in [7, 11) is 0. The molecule has 0 fully saturated rings. The summed E-state index contributed by atoms with van der Waals surface area (Å²) in [5.41, 5.74) is 8.78. The number of pyridine rings is 1. The maximum Gasteiger partial charge on any atom is 0.297 e. The Kier molecular flexibility index (Phi) is 5.25. The molecular formula is C31H28BNO2. The van der Waals surface area contributed by atoms with Gasteiger partial charge in [0, 0.05) is 5.56 Å². The van der Waals surface area contributed by atoms with Gasteiger partial charge in [-0.25, -0.2) is 0 Å². The summed E-state index contributed by atoms with van der Waals surface area (Å²) in [5.74, 6) is 2.46. The van der Waals surface area contributed by atoms with Crippen molar-refractivity contribution < 1.29 is 9.15 Å². The summed E-state index contributed by atoms with van der Waals surface area (Å²) in [4.78, 5) is 4.71. The minimum absolute atomic E-state index is 0.0430. The first-order valence-corrected chi connectivity index (χ1v) is 12.4. The Morgan fingerprint density at radius 2 is 1.46 bits per heavy atom. The van der Waals surface area contributed by atoms with Crippen LogP contribution in [0.25, 0.3) is 22.2 Å². The summed E-state index contributed by atoms with van der Waals surface area (Å²) in [5, 5.41) is 0.960. The fraction of sp³-hybridized carbons (Fsp3) is 0.194. The van der Waals surface area contributed by atoms with Crippen LogP contribution >= 0.6 is 0 Å². The van der Waals surface area contributed by atoms with Crippen LogP contribution in [-0.4, -0.2) is 11.7 Å². The molecule has 0 spiro atoms. The van der Waals surface area contributed by atoms with Gasteiger partial charge in [-0.1, -0.05) is 99.9 Å². The third kappa shape index (κ3) is 3.56. The molecule has 0 N–H and O–H groups in total. The molecule has 1 aliphatic heterocycles. The van der Waals surface area contributed by atoms with E-state index >= 15 is 0 Å². The zero-order chi connectivity index (χ0) is 24.1. The Labute approximate surface area is 206 Å². The maximum absolute atomic E-state index is 6.59. The van der Waals surface area contributed by atoms with Crippen LogP contribution in [0.1, 0.15) is 50.7 Å². The molecule has 172 valence electrons. The second-order valence-electron chi connectivity index (χ2n) is 9.96. The zero-order valence-corrected chi connectivity index (χ0v) is 20.6. The molecular weight excluding hydrogens is 429 g/mol. The van der Waals surface area contributed by atoms with Gasteiger partial charge in [-0.3, -0.25) is 4.98 Å². The molecule has 0 aliphatic carbocycles. The Balaban J connectivity index is 1.64. The maximum atomic E-state index is 6.59. The predicted octanol–water partition coefficient (Wildman–Crippen LogP) is 6.36. The lowest BCUT2D eigenvalue weighted by molar-refractivity contribution is 0.482. The van der Waals surface area contributed by atoms with Gasteiger partial charge in [0.05, 0.1) is 17.3 Å². The molecule has 3 heterocycles. The Bertz CT molecular complexity index is 1510. The predicted molar refractivity (Wildman–Crippen MR) is 145 cm³/mol. The fourth-order valence-corrected chi connectivity index (χ4v) is 5.35. The SMILES string of the molecule is CC(C)c1cccc(C(C)C)c1B1c2ccccc2Oc2c1oc1cnc(-c3ccccc3)cc21. The average Bonchev–Trinajstić information content (AvgIpc) is 3.24. The van der Waals surface area contributed by atoms with Crippen molar-refractivity contribution in [1.29, 1.82) is 0 Å². The van der Waals surface area contributed by atoms with Crippen molar-refractivity contribution in [3.63, 3.8) is 0 Å². The van der Waals surface area contributed by atoms with E-state index in [0.29, 0.717) is 11.8 Å². The highest BCUT2D eigenvalue weighted by atomic mass is 16.5. The van der Waals surface area contributed by atoms with Crippen molar-refractivity contribution in [2.75, 3.05) is 0 Å². The minimum Gasteiger partial charge on any atom is -0.465 e. The monoisotopic (exact) mass is 457 g/mol. The molecule has 3 aromatic carbocycles. The molecule has 2 aromatic heterocycles. The molecule has 4 heteroatoms. The molecule has 3 nitrogen and oxygen atoms in total. The Morgan fingerprint density at radius 1 is 0.771 bits per heavy atom. The van der Waals surface area contributed by atoms with E-state index in [-0.39, 0.29) is 6.71 Å². The first-order valence-electron chi connectivity index (χ1n) is 12.4. The molecule has 0 saturated heterocycles. The van der Waals surface area contributed by atoms with Crippen LogP contribution in [0.4, 0.5) is 0 Å².